The van der Waals surface area contributed by atoms with Gasteiger partial charge in [-0.05, 0) is 0 Å². The molecule has 2 heterocycles. The Morgan fingerprint density at radius 3 is 3.15 bits per heavy atom. The van der Waals surface area contributed by atoms with Crippen molar-refractivity contribution in [1.82, 2.24) is 9.55 Å². The molecule has 1 aliphatic rings. The first-order valence-corrected chi connectivity index (χ1v) is 6.18. The van der Waals surface area contributed by atoms with E-state index in [1.807, 2.05) is 0 Å². The number of nitrogens with two attached hydrogens (primary N) is 1. The van der Waals surface area contributed by atoms with Gasteiger partial charge in [0.1, 0.15) is 24.8 Å². The third-order valence-electron chi connectivity index (χ3n) is 2.63. The van der Waals surface area contributed by atoms with Crippen LogP contribution in [0.5, 0.6) is 0 Å². The number of ether oxygens (including phenoxy) is 2. The molecule has 1 unspecified atom stereocenters. The fourth-order valence-corrected chi connectivity index (χ4v) is 1.65. The quantitative estimate of drug-likeness (QED) is 0.476. The summed E-state index contributed by atoms with van der Waals surface area (Å²) in [5.41, 5.74) is 5.92. The average Bonchev–Trinajstić information content (AvgIpc) is 2.81. The molecule has 0 amide bonds. The van der Waals surface area contributed by atoms with E-state index in [1.165, 1.54) is 6.33 Å². The van der Waals surface area contributed by atoms with Gasteiger partial charge in [-0.15, -0.1) is 0 Å². The monoisotopic (exact) mass is 283 g/mol. The molecule has 0 spiro atoms. The zero-order chi connectivity index (χ0) is 14.5. The number of anilines is 1. The Kier molecular flexibility index (Phi) is 4.53. The smallest absolute Gasteiger partial charge is 0.305 e. The van der Waals surface area contributed by atoms with Gasteiger partial charge in [-0.1, -0.05) is 6.92 Å². The summed E-state index contributed by atoms with van der Waals surface area (Å²) < 4.78 is 11.9. The van der Waals surface area contributed by atoms with Crippen LogP contribution in [0.4, 0.5) is 5.82 Å². The number of aliphatic imine (C=N–C) groups is 1. The van der Waals surface area contributed by atoms with Crippen LogP contribution < -0.4 is 11.1 Å². The number of hydrogen-bond donors (Lipinski definition) is 3. The van der Waals surface area contributed by atoms with Crippen LogP contribution in [0.1, 0.15) is 25.3 Å². The third-order valence-corrected chi connectivity index (χ3v) is 2.63. The van der Waals surface area contributed by atoms with Crippen molar-refractivity contribution in [2.24, 2.45) is 10.7 Å². The van der Waals surface area contributed by atoms with Gasteiger partial charge in [0.15, 0.2) is 12.2 Å². The first-order valence-electron chi connectivity index (χ1n) is 6.18. The normalized spacial score (nSPS) is 17.1. The Morgan fingerprint density at radius 2 is 2.40 bits per heavy atom. The van der Waals surface area contributed by atoms with Gasteiger partial charge in [-0.3, -0.25) is 9.36 Å². The zero-order valence-corrected chi connectivity index (χ0v) is 11.1. The number of aliphatic hydroxyl groups excluding tert-OH is 1. The van der Waals surface area contributed by atoms with Gasteiger partial charge in [0, 0.05) is 6.42 Å². The Hall–Kier alpha value is -2.13. The summed E-state index contributed by atoms with van der Waals surface area (Å²) >= 11 is 0. The van der Waals surface area contributed by atoms with Gasteiger partial charge in [-0.25, -0.2) is 9.98 Å². The highest BCUT2D eigenvalue weighted by Crippen LogP contribution is 2.25. The summed E-state index contributed by atoms with van der Waals surface area (Å²) in [6.45, 7) is 2.39. The molecule has 9 nitrogen and oxygen atoms in total. The molecule has 0 saturated heterocycles. The molecule has 0 aliphatic carbocycles. The van der Waals surface area contributed by atoms with Crippen molar-refractivity contribution in [3.8, 4) is 0 Å². The SMILES string of the molecule is CCC(=O)OCCOCn1cnc2c1NC(N)=NC2O. The predicted octanol–water partition coefficient (Wildman–Crippen LogP) is -0.458. The van der Waals surface area contributed by atoms with Crippen LogP contribution in [0, 0.1) is 0 Å². The number of imidazole rings is 1. The maximum Gasteiger partial charge on any atom is 0.305 e. The number of guanidine groups is 1. The minimum atomic E-state index is -1.07. The fraction of sp³-hybridized carbons (Fsp3) is 0.545. The van der Waals surface area contributed by atoms with Gasteiger partial charge < -0.3 is 25.6 Å². The number of aliphatic hydroxyl groups is 1. The number of carbonyl (C=O) groups excluding carboxylic acids is 1. The molecule has 0 bridgehead atoms. The van der Waals surface area contributed by atoms with Crippen molar-refractivity contribution in [3.63, 3.8) is 0 Å². The number of carbonyl (C=O) groups is 1. The minimum absolute atomic E-state index is 0.114. The van der Waals surface area contributed by atoms with E-state index < -0.39 is 6.23 Å². The molecule has 20 heavy (non-hydrogen) atoms. The van der Waals surface area contributed by atoms with Gasteiger partial charge in [-0.2, -0.15) is 0 Å². The van der Waals surface area contributed by atoms with E-state index in [-0.39, 0.29) is 31.9 Å². The number of aromatic nitrogens is 2. The van der Waals surface area contributed by atoms with Crippen LogP contribution in [0.3, 0.4) is 0 Å². The first kappa shape index (κ1) is 14.3. The van der Waals surface area contributed by atoms with E-state index in [1.54, 1.807) is 11.5 Å². The summed E-state index contributed by atoms with van der Waals surface area (Å²) in [5, 5.41) is 12.5. The van der Waals surface area contributed by atoms with Gasteiger partial charge in [0.25, 0.3) is 0 Å². The van der Waals surface area contributed by atoms with Crippen molar-refractivity contribution >= 4 is 17.7 Å². The summed E-state index contributed by atoms with van der Waals surface area (Å²) in [7, 11) is 0. The number of hydrogen-bond acceptors (Lipinski definition) is 8. The second-order valence-corrected chi connectivity index (χ2v) is 4.07. The number of nitrogens with one attached hydrogen (secondary N) is 1. The van der Waals surface area contributed by atoms with Crippen LogP contribution >= 0.6 is 0 Å². The summed E-state index contributed by atoms with van der Waals surface area (Å²) in [6, 6.07) is 0. The maximum atomic E-state index is 10.9. The van der Waals surface area contributed by atoms with Crippen molar-refractivity contribution in [1.29, 1.82) is 0 Å². The third kappa shape index (κ3) is 3.25. The van der Waals surface area contributed by atoms with Crippen molar-refractivity contribution < 1.29 is 19.4 Å². The second-order valence-electron chi connectivity index (χ2n) is 4.07. The van der Waals surface area contributed by atoms with E-state index in [9.17, 15) is 9.90 Å². The van der Waals surface area contributed by atoms with Gasteiger partial charge in [0.2, 0.25) is 0 Å². The maximum absolute atomic E-state index is 10.9. The number of nitrogens with zero attached hydrogens (tertiary/aromatic N) is 3. The summed E-state index contributed by atoms with van der Waals surface area (Å²) in [6.07, 6.45) is 0.778. The Morgan fingerprint density at radius 1 is 1.60 bits per heavy atom. The lowest BCUT2D eigenvalue weighted by atomic mass is 10.3. The Labute approximate surface area is 115 Å². The van der Waals surface area contributed by atoms with Crippen molar-refractivity contribution in [3.05, 3.63) is 12.0 Å². The van der Waals surface area contributed by atoms with Crippen LogP contribution in [0.15, 0.2) is 11.3 Å². The van der Waals surface area contributed by atoms with E-state index >= 15 is 0 Å². The summed E-state index contributed by atoms with van der Waals surface area (Å²) in [4.78, 5) is 18.7. The van der Waals surface area contributed by atoms with E-state index in [2.05, 4.69) is 15.3 Å². The summed E-state index contributed by atoms with van der Waals surface area (Å²) in [5.74, 6) is 0.390. The molecule has 0 fully saturated rings. The largest absolute Gasteiger partial charge is 0.463 e. The fourth-order valence-electron chi connectivity index (χ4n) is 1.65. The number of fused-ring (bicyclic) bond motifs is 1. The predicted molar refractivity (Wildman–Crippen MR) is 69.6 cm³/mol. The topological polar surface area (TPSA) is 124 Å². The molecular formula is C11H17N5O4. The lowest BCUT2D eigenvalue weighted by molar-refractivity contribution is -0.145. The molecule has 1 aliphatic heterocycles. The standard InChI is InChI=1S/C11H17N5O4/c1-2-7(17)20-4-3-19-6-16-5-13-8-9(16)14-11(12)15-10(8)18/h5,10,18H,2-4,6H2,1H3,(H3,12,14,15). The van der Waals surface area contributed by atoms with Crippen LogP contribution in [-0.2, 0) is 21.0 Å². The number of rotatable bonds is 6. The minimum Gasteiger partial charge on any atom is -0.463 e. The molecule has 110 valence electrons. The molecule has 2 rings (SSSR count). The first-order chi connectivity index (χ1) is 9.61. The lowest BCUT2D eigenvalue weighted by Crippen LogP contribution is -2.29. The highest BCUT2D eigenvalue weighted by Gasteiger charge is 2.23. The molecule has 1 aromatic heterocycles. The van der Waals surface area contributed by atoms with E-state index in [0.717, 1.165) is 0 Å². The highest BCUT2D eigenvalue weighted by atomic mass is 16.6. The Bertz CT molecular complexity index is 513. The molecule has 9 heteroatoms. The molecule has 0 saturated carbocycles. The van der Waals surface area contributed by atoms with Crippen LogP contribution in [-0.4, -0.2) is 39.8 Å². The molecule has 1 aromatic rings. The molecule has 0 radical (unpaired) electrons. The van der Waals surface area contributed by atoms with Crippen molar-refractivity contribution in [2.75, 3.05) is 18.5 Å². The van der Waals surface area contributed by atoms with E-state index in [0.29, 0.717) is 17.9 Å². The molecular weight excluding hydrogens is 266 g/mol. The van der Waals surface area contributed by atoms with Crippen LogP contribution in [0.2, 0.25) is 0 Å². The van der Waals surface area contributed by atoms with Crippen molar-refractivity contribution in [2.45, 2.75) is 26.3 Å². The highest BCUT2D eigenvalue weighted by molar-refractivity contribution is 5.93. The van der Waals surface area contributed by atoms with E-state index in [4.69, 9.17) is 15.2 Å². The Balaban J connectivity index is 1.82. The lowest BCUT2D eigenvalue weighted by Gasteiger charge is -2.17. The van der Waals surface area contributed by atoms with Gasteiger partial charge >= 0.3 is 5.97 Å². The van der Waals surface area contributed by atoms with Gasteiger partial charge in [0.05, 0.1) is 12.9 Å². The number of esters is 1. The second kappa shape index (κ2) is 6.35. The van der Waals surface area contributed by atoms with Crippen LogP contribution in [0.25, 0.3) is 0 Å². The molecule has 1 atom stereocenters. The molecule has 4 N–H and O–H groups in total. The average molecular weight is 283 g/mol. The zero-order valence-electron chi connectivity index (χ0n) is 11.1. The molecule has 0 aromatic carbocycles.